The van der Waals surface area contributed by atoms with Gasteiger partial charge in [-0.3, -0.25) is 5.32 Å². The van der Waals surface area contributed by atoms with Gasteiger partial charge in [0.15, 0.2) is 0 Å². The Balaban J connectivity index is 1.61. The van der Waals surface area contributed by atoms with Crippen molar-refractivity contribution in [2.24, 2.45) is 0 Å². The molecule has 3 heteroatoms. The normalized spacial score (nSPS) is 20.7. The lowest BCUT2D eigenvalue weighted by atomic mass is 9.90. The first-order chi connectivity index (χ1) is 9.42. The molecule has 0 unspecified atom stereocenters. The molecule has 0 atom stereocenters. The molecule has 3 nitrogen and oxygen atoms in total. The van der Waals surface area contributed by atoms with Gasteiger partial charge in [0.2, 0.25) is 0 Å². The molecule has 19 heavy (non-hydrogen) atoms. The third kappa shape index (κ3) is 3.37. The van der Waals surface area contributed by atoms with Crippen molar-refractivity contribution in [1.29, 1.82) is 0 Å². The van der Waals surface area contributed by atoms with Crippen molar-refractivity contribution < 1.29 is 0 Å². The molecule has 1 fully saturated rings. The van der Waals surface area contributed by atoms with Gasteiger partial charge < -0.3 is 10.2 Å². The van der Waals surface area contributed by atoms with E-state index in [1.54, 1.807) is 0 Å². The van der Waals surface area contributed by atoms with Crippen LogP contribution in [0.25, 0.3) is 0 Å². The molecule has 2 heterocycles. The fourth-order valence-electron chi connectivity index (χ4n) is 2.94. The molecule has 1 saturated heterocycles. The summed E-state index contributed by atoms with van der Waals surface area (Å²) in [5, 5.41) is 6.78. The second-order valence-electron chi connectivity index (χ2n) is 5.51. The third-order valence-corrected chi connectivity index (χ3v) is 4.07. The Labute approximate surface area is 115 Å². The van der Waals surface area contributed by atoms with Crippen molar-refractivity contribution >= 4 is 0 Å². The van der Waals surface area contributed by atoms with Gasteiger partial charge in [-0.25, -0.2) is 0 Å². The molecule has 1 aromatic rings. The number of hydrogen-bond acceptors (Lipinski definition) is 3. The maximum atomic E-state index is 3.43. The maximum Gasteiger partial charge on any atom is 0.0682 e. The highest BCUT2D eigenvalue weighted by Crippen LogP contribution is 2.25. The van der Waals surface area contributed by atoms with Crippen LogP contribution in [-0.4, -0.2) is 31.2 Å². The van der Waals surface area contributed by atoms with Gasteiger partial charge in [0.25, 0.3) is 0 Å². The molecular formula is C16H23N3. The summed E-state index contributed by atoms with van der Waals surface area (Å²) >= 11 is 0. The van der Waals surface area contributed by atoms with Gasteiger partial charge >= 0.3 is 0 Å². The number of nitrogens with zero attached hydrogens (tertiary/aromatic N) is 1. The zero-order valence-electron chi connectivity index (χ0n) is 11.4. The first kappa shape index (κ1) is 12.7. The summed E-state index contributed by atoms with van der Waals surface area (Å²) in [7, 11) is 0. The Hall–Kier alpha value is -1.32. The van der Waals surface area contributed by atoms with Crippen molar-refractivity contribution in [2.45, 2.75) is 25.3 Å². The van der Waals surface area contributed by atoms with Crippen molar-refractivity contribution in [3.8, 4) is 0 Å². The highest BCUT2D eigenvalue weighted by atomic mass is 15.2. The summed E-state index contributed by atoms with van der Waals surface area (Å²) in [6.07, 6.45) is 6.92. The molecule has 0 saturated carbocycles. The zero-order valence-corrected chi connectivity index (χ0v) is 11.4. The highest BCUT2D eigenvalue weighted by Gasteiger charge is 2.14. The lowest BCUT2D eigenvalue weighted by Crippen LogP contribution is -2.33. The fraction of sp³-hybridized carbons (Fsp3) is 0.500. The van der Waals surface area contributed by atoms with Crippen LogP contribution in [0, 0.1) is 0 Å². The molecule has 3 rings (SSSR count). The standard InChI is InChI=1S/C16H23N3/c1-8-18-13-19(11-1)12-14-2-4-15(5-3-14)16-6-9-17-10-7-16/h1-5,11,16-18H,6-10,12-13H2. The number of hydrogen-bond donors (Lipinski definition) is 2. The zero-order chi connectivity index (χ0) is 12.9. The van der Waals surface area contributed by atoms with Crippen LogP contribution in [0.3, 0.4) is 0 Å². The molecule has 1 aromatic carbocycles. The summed E-state index contributed by atoms with van der Waals surface area (Å²) in [6.45, 7) is 5.26. The van der Waals surface area contributed by atoms with E-state index >= 15 is 0 Å². The van der Waals surface area contributed by atoms with Crippen molar-refractivity contribution in [3.63, 3.8) is 0 Å². The predicted octanol–water partition coefficient (Wildman–Crippen LogP) is 2.03. The van der Waals surface area contributed by atoms with Gasteiger partial charge in [0.05, 0.1) is 6.67 Å². The molecule has 0 bridgehead atoms. The molecule has 0 aliphatic carbocycles. The average molecular weight is 257 g/mol. The van der Waals surface area contributed by atoms with Gasteiger partial charge in [-0.05, 0) is 49.2 Å². The van der Waals surface area contributed by atoms with Gasteiger partial charge in [-0.2, -0.15) is 0 Å². The van der Waals surface area contributed by atoms with E-state index in [9.17, 15) is 0 Å². The predicted molar refractivity (Wildman–Crippen MR) is 78.8 cm³/mol. The van der Waals surface area contributed by atoms with Crippen LogP contribution < -0.4 is 10.6 Å². The molecule has 0 aromatic heterocycles. The van der Waals surface area contributed by atoms with Crippen LogP contribution >= 0.6 is 0 Å². The molecular weight excluding hydrogens is 234 g/mol. The van der Waals surface area contributed by atoms with E-state index in [-0.39, 0.29) is 0 Å². The lowest BCUT2D eigenvalue weighted by Gasteiger charge is -2.25. The summed E-state index contributed by atoms with van der Waals surface area (Å²) in [4.78, 5) is 2.31. The van der Waals surface area contributed by atoms with Gasteiger partial charge in [-0.1, -0.05) is 30.3 Å². The van der Waals surface area contributed by atoms with E-state index in [1.807, 2.05) is 0 Å². The first-order valence-corrected chi connectivity index (χ1v) is 7.33. The minimum atomic E-state index is 0.756. The average Bonchev–Trinajstić information content (AvgIpc) is 2.50. The Morgan fingerprint density at radius 3 is 2.53 bits per heavy atom. The van der Waals surface area contributed by atoms with E-state index in [0.717, 1.165) is 38.8 Å². The fourth-order valence-corrected chi connectivity index (χ4v) is 2.94. The van der Waals surface area contributed by atoms with E-state index in [4.69, 9.17) is 0 Å². The summed E-state index contributed by atoms with van der Waals surface area (Å²) in [5.74, 6) is 0.756. The first-order valence-electron chi connectivity index (χ1n) is 7.33. The quantitative estimate of drug-likeness (QED) is 0.867. The van der Waals surface area contributed by atoms with Crippen molar-refractivity contribution in [3.05, 3.63) is 47.7 Å². The SMILES string of the molecule is C1=CN(Cc2ccc(C3CCNCC3)cc2)CNC1. The number of piperidine rings is 1. The van der Waals surface area contributed by atoms with Crippen LogP contribution in [0.2, 0.25) is 0 Å². The Bertz CT molecular complexity index is 418. The maximum absolute atomic E-state index is 3.43. The molecule has 2 aliphatic rings. The van der Waals surface area contributed by atoms with Gasteiger partial charge in [-0.15, -0.1) is 0 Å². The van der Waals surface area contributed by atoms with E-state index in [1.165, 1.54) is 24.0 Å². The molecule has 0 amide bonds. The Morgan fingerprint density at radius 2 is 1.84 bits per heavy atom. The Kier molecular flexibility index (Phi) is 4.16. The van der Waals surface area contributed by atoms with Gasteiger partial charge in [0, 0.05) is 13.1 Å². The Morgan fingerprint density at radius 1 is 1.05 bits per heavy atom. The molecule has 102 valence electrons. The largest absolute Gasteiger partial charge is 0.361 e. The van der Waals surface area contributed by atoms with Crippen molar-refractivity contribution in [1.82, 2.24) is 15.5 Å². The monoisotopic (exact) mass is 257 g/mol. The molecule has 0 spiro atoms. The minimum Gasteiger partial charge on any atom is -0.361 e. The number of rotatable bonds is 3. The third-order valence-electron chi connectivity index (χ3n) is 4.07. The molecule has 2 aliphatic heterocycles. The summed E-state index contributed by atoms with van der Waals surface area (Å²) < 4.78 is 0. The second-order valence-corrected chi connectivity index (χ2v) is 5.51. The van der Waals surface area contributed by atoms with Crippen LogP contribution in [0.4, 0.5) is 0 Å². The van der Waals surface area contributed by atoms with E-state index in [2.05, 4.69) is 52.1 Å². The smallest absolute Gasteiger partial charge is 0.0682 e. The van der Waals surface area contributed by atoms with E-state index < -0.39 is 0 Å². The highest BCUT2D eigenvalue weighted by molar-refractivity contribution is 5.26. The summed E-state index contributed by atoms with van der Waals surface area (Å²) in [5.41, 5.74) is 2.91. The minimum absolute atomic E-state index is 0.756. The van der Waals surface area contributed by atoms with Crippen LogP contribution in [-0.2, 0) is 6.54 Å². The number of nitrogens with one attached hydrogen (secondary N) is 2. The van der Waals surface area contributed by atoms with Crippen molar-refractivity contribution in [2.75, 3.05) is 26.3 Å². The second kappa shape index (κ2) is 6.22. The lowest BCUT2D eigenvalue weighted by molar-refractivity contribution is 0.328. The van der Waals surface area contributed by atoms with Gasteiger partial charge in [0.1, 0.15) is 0 Å². The number of benzene rings is 1. The molecule has 2 N–H and O–H groups in total. The topological polar surface area (TPSA) is 27.3 Å². The van der Waals surface area contributed by atoms with E-state index in [0.29, 0.717) is 0 Å². The summed E-state index contributed by atoms with van der Waals surface area (Å²) in [6, 6.07) is 9.23. The van der Waals surface area contributed by atoms with Crippen LogP contribution in [0.15, 0.2) is 36.5 Å². The van der Waals surface area contributed by atoms with Crippen LogP contribution in [0.1, 0.15) is 29.9 Å². The molecule has 0 radical (unpaired) electrons. The van der Waals surface area contributed by atoms with Crippen LogP contribution in [0.5, 0.6) is 0 Å².